The van der Waals surface area contributed by atoms with Gasteiger partial charge >= 0.3 is 6.03 Å². The highest BCUT2D eigenvalue weighted by atomic mass is 16.5. The van der Waals surface area contributed by atoms with Crippen molar-refractivity contribution in [1.82, 2.24) is 10.6 Å². The quantitative estimate of drug-likeness (QED) is 0.722. The SMILES string of the molecule is CCOc1ccc(NC(=O)N[C@@H](C)C(=O)N[C@@H](C)CC)cc1C. The number of carbonyl (C=O) groups is 2. The van der Waals surface area contributed by atoms with Crippen LogP contribution in [0.4, 0.5) is 10.5 Å². The number of hydrogen-bond donors (Lipinski definition) is 3. The smallest absolute Gasteiger partial charge is 0.319 e. The zero-order chi connectivity index (χ0) is 17.4. The second-order valence-electron chi connectivity index (χ2n) is 5.55. The number of rotatable bonds is 7. The minimum absolute atomic E-state index is 0.0866. The maximum absolute atomic E-state index is 12.0. The number of carbonyl (C=O) groups excluding carboxylic acids is 2. The van der Waals surface area contributed by atoms with E-state index in [0.29, 0.717) is 12.3 Å². The first-order valence-corrected chi connectivity index (χ1v) is 7.98. The Morgan fingerprint density at radius 1 is 1.17 bits per heavy atom. The maximum atomic E-state index is 12.0. The summed E-state index contributed by atoms with van der Waals surface area (Å²) in [4.78, 5) is 23.9. The van der Waals surface area contributed by atoms with Gasteiger partial charge in [-0.15, -0.1) is 0 Å². The summed E-state index contributed by atoms with van der Waals surface area (Å²) < 4.78 is 5.46. The standard InChI is InChI=1S/C17H27N3O3/c1-6-12(4)18-16(21)13(5)19-17(22)20-14-8-9-15(23-7-2)11(3)10-14/h8-10,12-13H,6-7H2,1-5H3,(H,18,21)(H2,19,20,22)/t12-,13-/m0/s1. The van der Waals surface area contributed by atoms with E-state index >= 15 is 0 Å². The molecule has 0 bridgehead atoms. The summed E-state index contributed by atoms with van der Waals surface area (Å²) in [6.07, 6.45) is 0.843. The summed E-state index contributed by atoms with van der Waals surface area (Å²) in [5, 5.41) is 8.17. The van der Waals surface area contributed by atoms with Crippen LogP contribution in [0.3, 0.4) is 0 Å². The second kappa shape index (κ2) is 9.02. The van der Waals surface area contributed by atoms with E-state index in [1.165, 1.54) is 0 Å². The van der Waals surface area contributed by atoms with E-state index in [2.05, 4.69) is 16.0 Å². The minimum atomic E-state index is -0.604. The van der Waals surface area contributed by atoms with Gasteiger partial charge in [0.25, 0.3) is 0 Å². The molecule has 6 heteroatoms. The predicted molar refractivity (Wildman–Crippen MR) is 91.9 cm³/mol. The number of hydrogen-bond acceptors (Lipinski definition) is 3. The monoisotopic (exact) mass is 321 g/mol. The molecule has 0 saturated heterocycles. The number of amides is 3. The molecule has 6 nitrogen and oxygen atoms in total. The number of anilines is 1. The third-order valence-corrected chi connectivity index (χ3v) is 3.47. The first-order chi connectivity index (χ1) is 10.9. The lowest BCUT2D eigenvalue weighted by atomic mass is 10.2. The van der Waals surface area contributed by atoms with Gasteiger partial charge in [-0.2, -0.15) is 0 Å². The van der Waals surface area contributed by atoms with Crippen molar-refractivity contribution < 1.29 is 14.3 Å². The lowest BCUT2D eigenvalue weighted by molar-refractivity contribution is -0.123. The number of aryl methyl sites for hydroxylation is 1. The van der Waals surface area contributed by atoms with Gasteiger partial charge in [0.15, 0.2) is 0 Å². The molecule has 3 amide bonds. The average Bonchev–Trinajstić information content (AvgIpc) is 2.49. The van der Waals surface area contributed by atoms with Gasteiger partial charge in [-0.05, 0) is 57.9 Å². The molecule has 0 radical (unpaired) electrons. The van der Waals surface area contributed by atoms with Gasteiger partial charge in [0.1, 0.15) is 11.8 Å². The molecule has 1 rings (SSSR count). The molecule has 23 heavy (non-hydrogen) atoms. The summed E-state index contributed by atoms with van der Waals surface area (Å²) in [5.74, 6) is 0.595. The fourth-order valence-corrected chi connectivity index (χ4v) is 1.94. The van der Waals surface area contributed by atoms with Gasteiger partial charge in [0.05, 0.1) is 6.61 Å². The fraction of sp³-hybridized carbons (Fsp3) is 0.529. The summed E-state index contributed by atoms with van der Waals surface area (Å²) in [6, 6.07) is 4.47. The van der Waals surface area contributed by atoms with Gasteiger partial charge in [0, 0.05) is 11.7 Å². The third kappa shape index (κ3) is 6.18. The molecule has 0 unspecified atom stereocenters. The zero-order valence-corrected chi connectivity index (χ0v) is 14.5. The average molecular weight is 321 g/mol. The highest BCUT2D eigenvalue weighted by Crippen LogP contribution is 2.21. The van der Waals surface area contributed by atoms with Crippen molar-refractivity contribution >= 4 is 17.6 Å². The molecule has 3 N–H and O–H groups in total. The first-order valence-electron chi connectivity index (χ1n) is 7.98. The van der Waals surface area contributed by atoms with Crippen LogP contribution in [-0.4, -0.2) is 30.6 Å². The maximum Gasteiger partial charge on any atom is 0.319 e. The van der Waals surface area contributed by atoms with E-state index in [0.717, 1.165) is 17.7 Å². The molecule has 2 atom stereocenters. The molecule has 0 aliphatic carbocycles. The molecule has 0 saturated carbocycles. The Labute approximate surface area is 138 Å². The molecule has 128 valence electrons. The molecule has 0 aliphatic heterocycles. The van der Waals surface area contributed by atoms with Gasteiger partial charge in [-0.3, -0.25) is 4.79 Å². The summed E-state index contributed by atoms with van der Waals surface area (Å²) >= 11 is 0. The number of benzene rings is 1. The highest BCUT2D eigenvalue weighted by Gasteiger charge is 2.17. The van der Waals surface area contributed by atoms with Crippen LogP contribution in [-0.2, 0) is 4.79 Å². The summed E-state index contributed by atoms with van der Waals surface area (Å²) in [5.41, 5.74) is 1.59. The van der Waals surface area contributed by atoms with Crippen LogP contribution in [0, 0.1) is 6.92 Å². The van der Waals surface area contributed by atoms with Crippen LogP contribution < -0.4 is 20.7 Å². The molecule has 0 aromatic heterocycles. The Bertz CT molecular complexity index is 546. The van der Waals surface area contributed by atoms with Crippen molar-refractivity contribution in [2.45, 2.75) is 53.1 Å². The normalized spacial score (nSPS) is 12.9. The Kier molecular flexibility index (Phi) is 7.38. The Morgan fingerprint density at radius 3 is 2.43 bits per heavy atom. The number of ether oxygens (including phenoxy) is 1. The minimum Gasteiger partial charge on any atom is -0.494 e. The van der Waals surface area contributed by atoms with Crippen molar-refractivity contribution in [3.63, 3.8) is 0 Å². The Hall–Kier alpha value is -2.24. The van der Waals surface area contributed by atoms with Crippen LogP contribution in [0.15, 0.2) is 18.2 Å². The molecule has 0 heterocycles. The largest absolute Gasteiger partial charge is 0.494 e. The van der Waals surface area contributed by atoms with Crippen molar-refractivity contribution in [3.05, 3.63) is 23.8 Å². The van der Waals surface area contributed by atoms with Gasteiger partial charge in [0.2, 0.25) is 5.91 Å². The van der Waals surface area contributed by atoms with Crippen LogP contribution in [0.1, 0.15) is 39.7 Å². The predicted octanol–water partition coefficient (Wildman–Crippen LogP) is 2.82. The second-order valence-corrected chi connectivity index (χ2v) is 5.55. The zero-order valence-electron chi connectivity index (χ0n) is 14.5. The van der Waals surface area contributed by atoms with E-state index in [4.69, 9.17) is 4.74 Å². The molecule has 1 aromatic carbocycles. The van der Waals surface area contributed by atoms with Gasteiger partial charge in [-0.25, -0.2) is 4.79 Å². The fourth-order valence-electron chi connectivity index (χ4n) is 1.94. The van der Waals surface area contributed by atoms with Crippen LogP contribution >= 0.6 is 0 Å². The first kappa shape index (κ1) is 18.8. The lowest BCUT2D eigenvalue weighted by Crippen LogP contribution is -2.48. The molecule has 0 spiro atoms. The summed E-state index contributed by atoms with van der Waals surface area (Å²) in [7, 11) is 0. The van der Waals surface area contributed by atoms with Crippen LogP contribution in [0.25, 0.3) is 0 Å². The molecule has 1 aromatic rings. The van der Waals surface area contributed by atoms with Crippen LogP contribution in [0.2, 0.25) is 0 Å². The van der Waals surface area contributed by atoms with Crippen LogP contribution in [0.5, 0.6) is 5.75 Å². The third-order valence-electron chi connectivity index (χ3n) is 3.47. The highest BCUT2D eigenvalue weighted by molar-refractivity contribution is 5.93. The Balaban J connectivity index is 2.56. The van der Waals surface area contributed by atoms with Crippen molar-refractivity contribution in [2.75, 3.05) is 11.9 Å². The lowest BCUT2D eigenvalue weighted by Gasteiger charge is -2.18. The Morgan fingerprint density at radius 2 is 1.87 bits per heavy atom. The van der Waals surface area contributed by atoms with E-state index in [1.54, 1.807) is 13.0 Å². The van der Waals surface area contributed by atoms with Gasteiger partial charge in [-0.1, -0.05) is 6.92 Å². The molecular formula is C17H27N3O3. The molecule has 0 aliphatic rings. The van der Waals surface area contributed by atoms with Gasteiger partial charge < -0.3 is 20.7 Å². The number of nitrogens with one attached hydrogen (secondary N) is 3. The van der Waals surface area contributed by atoms with E-state index in [9.17, 15) is 9.59 Å². The van der Waals surface area contributed by atoms with E-state index < -0.39 is 12.1 Å². The molecule has 0 fully saturated rings. The van der Waals surface area contributed by atoms with E-state index in [-0.39, 0.29) is 11.9 Å². The van der Waals surface area contributed by atoms with E-state index in [1.807, 2.05) is 39.8 Å². The van der Waals surface area contributed by atoms with Crippen molar-refractivity contribution in [2.24, 2.45) is 0 Å². The number of urea groups is 1. The van der Waals surface area contributed by atoms with Crippen molar-refractivity contribution in [1.29, 1.82) is 0 Å². The topological polar surface area (TPSA) is 79.5 Å². The summed E-state index contributed by atoms with van der Waals surface area (Å²) in [6.45, 7) is 10.00. The van der Waals surface area contributed by atoms with Crippen molar-refractivity contribution in [3.8, 4) is 5.75 Å². The molecular weight excluding hydrogens is 294 g/mol.